The van der Waals surface area contributed by atoms with E-state index in [-0.39, 0.29) is 25.0 Å². The lowest BCUT2D eigenvalue weighted by molar-refractivity contribution is -0.131. The fourth-order valence-electron chi connectivity index (χ4n) is 1.55. The molecule has 2 heterocycles. The van der Waals surface area contributed by atoms with Crippen molar-refractivity contribution in [1.82, 2.24) is 9.88 Å². The van der Waals surface area contributed by atoms with Crippen molar-refractivity contribution in [3.05, 3.63) is 27.9 Å². The van der Waals surface area contributed by atoms with Crippen LogP contribution in [0.4, 0.5) is 0 Å². The van der Waals surface area contributed by atoms with E-state index in [9.17, 15) is 4.79 Å². The minimum absolute atomic E-state index is 0.0243. The highest BCUT2D eigenvalue weighted by Crippen LogP contribution is 2.25. The average molecular weight is 296 g/mol. The molecule has 0 aromatic carbocycles. The van der Waals surface area contributed by atoms with Crippen LogP contribution in [0, 0.1) is 0 Å². The van der Waals surface area contributed by atoms with E-state index in [0.717, 1.165) is 16.3 Å². The summed E-state index contributed by atoms with van der Waals surface area (Å²) < 4.78 is 0. The number of thiophene rings is 1. The van der Waals surface area contributed by atoms with E-state index in [1.807, 2.05) is 29.1 Å². The summed E-state index contributed by atoms with van der Waals surface area (Å²) >= 11 is 3.18. The number of aliphatic hydroxyl groups is 1. The smallest absolute Gasteiger partial charge is 0.228 e. The molecular weight excluding hydrogens is 280 g/mol. The number of carbonyl (C=O) groups excluding carboxylic acids is 1. The van der Waals surface area contributed by atoms with Crippen molar-refractivity contribution in [1.29, 1.82) is 0 Å². The third kappa shape index (κ3) is 3.40. The number of hydrogen-bond acceptors (Lipinski definition) is 5. The Labute approximate surface area is 120 Å². The molecule has 19 heavy (non-hydrogen) atoms. The van der Waals surface area contributed by atoms with Crippen molar-refractivity contribution >= 4 is 28.6 Å². The van der Waals surface area contributed by atoms with Crippen LogP contribution in [0.5, 0.6) is 0 Å². The number of likely N-dealkylation sites (N-methyl/N-ethyl adjacent to an activating group) is 1. The lowest BCUT2D eigenvalue weighted by atomic mass is 10.2. The number of nitrogens with zero attached hydrogens (tertiary/aromatic N) is 2. The molecular formula is C13H16N2O2S2. The van der Waals surface area contributed by atoms with Gasteiger partial charge in [-0.1, -0.05) is 0 Å². The van der Waals surface area contributed by atoms with Crippen molar-refractivity contribution in [3.63, 3.8) is 0 Å². The highest BCUT2D eigenvalue weighted by Gasteiger charge is 2.16. The molecule has 0 aliphatic heterocycles. The Balaban J connectivity index is 2.02. The molecule has 0 saturated heterocycles. The second kappa shape index (κ2) is 6.27. The predicted octanol–water partition coefficient (Wildman–Crippen LogP) is 2.25. The van der Waals surface area contributed by atoms with E-state index >= 15 is 0 Å². The highest BCUT2D eigenvalue weighted by atomic mass is 32.1. The van der Waals surface area contributed by atoms with Gasteiger partial charge in [-0.25, -0.2) is 4.98 Å². The molecule has 2 aromatic rings. The van der Waals surface area contributed by atoms with Crippen LogP contribution in [-0.4, -0.2) is 40.6 Å². The molecule has 1 unspecified atom stereocenters. The van der Waals surface area contributed by atoms with Crippen molar-refractivity contribution < 1.29 is 9.90 Å². The number of amides is 1. The first-order valence-corrected chi connectivity index (χ1v) is 7.77. The van der Waals surface area contributed by atoms with Gasteiger partial charge in [0.1, 0.15) is 5.01 Å². The normalized spacial score (nSPS) is 12.4. The van der Waals surface area contributed by atoms with E-state index in [0.29, 0.717) is 0 Å². The molecule has 1 N–H and O–H groups in total. The summed E-state index contributed by atoms with van der Waals surface area (Å²) in [7, 11) is 1.70. The van der Waals surface area contributed by atoms with E-state index in [1.54, 1.807) is 34.6 Å². The number of thiazole rings is 1. The predicted molar refractivity (Wildman–Crippen MR) is 78.4 cm³/mol. The quantitative estimate of drug-likeness (QED) is 0.920. The minimum atomic E-state index is -0.164. The van der Waals surface area contributed by atoms with Crippen LogP contribution >= 0.6 is 22.7 Å². The summed E-state index contributed by atoms with van der Waals surface area (Å²) in [5.74, 6) is -0.0243. The summed E-state index contributed by atoms with van der Waals surface area (Å²) in [5, 5.41) is 16.0. The van der Waals surface area contributed by atoms with Gasteiger partial charge < -0.3 is 10.0 Å². The van der Waals surface area contributed by atoms with Gasteiger partial charge >= 0.3 is 0 Å². The van der Waals surface area contributed by atoms with Gasteiger partial charge in [0.05, 0.1) is 24.8 Å². The van der Waals surface area contributed by atoms with Crippen molar-refractivity contribution in [2.24, 2.45) is 0 Å². The van der Waals surface area contributed by atoms with Crippen molar-refractivity contribution in [2.75, 3.05) is 13.7 Å². The topological polar surface area (TPSA) is 53.4 Å². The zero-order valence-corrected chi connectivity index (χ0v) is 12.5. The zero-order valence-electron chi connectivity index (χ0n) is 10.9. The average Bonchev–Trinajstić information content (AvgIpc) is 3.06. The summed E-state index contributed by atoms with van der Waals surface area (Å²) in [6, 6.07) is 1.86. The Hall–Kier alpha value is -1.24. The highest BCUT2D eigenvalue weighted by molar-refractivity contribution is 7.14. The van der Waals surface area contributed by atoms with Crippen LogP contribution in [0.2, 0.25) is 0 Å². The molecule has 0 aliphatic carbocycles. The Morgan fingerprint density at radius 3 is 2.95 bits per heavy atom. The van der Waals surface area contributed by atoms with Gasteiger partial charge in [-0.05, 0) is 18.4 Å². The Bertz CT molecular complexity index is 537. The van der Waals surface area contributed by atoms with E-state index in [1.165, 1.54) is 0 Å². The summed E-state index contributed by atoms with van der Waals surface area (Å²) in [5.41, 5.74) is 1.89. The van der Waals surface area contributed by atoms with Crippen LogP contribution < -0.4 is 0 Å². The molecule has 102 valence electrons. The van der Waals surface area contributed by atoms with Gasteiger partial charge in [0.25, 0.3) is 0 Å². The first kappa shape index (κ1) is 14.2. The Morgan fingerprint density at radius 1 is 1.53 bits per heavy atom. The lowest BCUT2D eigenvalue weighted by Crippen LogP contribution is -2.38. The number of aromatic nitrogens is 1. The fraction of sp³-hybridized carbons (Fsp3) is 0.385. The standard InChI is InChI=1S/C13H16N2O2S2/c1-9(6-16)15(2)12(17)5-11-8-19-13(14-11)10-3-4-18-7-10/h3-4,7-9,16H,5-6H2,1-2H3. The Morgan fingerprint density at radius 2 is 2.32 bits per heavy atom. The molecule has 2 aromatic heterocycles. The van der Waals surface area contributed by atoms with Crippen molar-refractivity contribution in [3.8, 4) is 10.6 Å². The Kier molecular flexibility index (Phi) is 4.68. The maximum Gasteiger partial charge on any atom is 0.228 e. The molecule has 0 aliphatic rings. The SMILES string of the molecule is CC(CO)N(C)C(=O)Cc1csc(-c2ccsc2)n1. The van der Waals surface area contributed by atoms with Gasteiger partial charge in [0.15, 0.2) is 0 Å². The first-order valence-electron chi connectivity index (χ1n) is 5.95. The molecule has 6 heteroatoms. The zero-order chi connectivity index (χ0) is 13.8. The summed E-state index contributed by atoms with van der Waals surface area (Å²) in [6.07, 6.45) is 0.279. The maximum absolute atomic E-state index is 12.0. The molecule has 2 rings (SSSR count). The molecule has 1 amide bonds. The van der Waals surface area contributed by atoms with Crippen LogP contribution in [0.25, 0.3) is 10.6 Å². The largest absolute Gasteiger partial charge is 0.394 e. The molecule has 0 saturated carbocycles. The third-order valence-electron chi connectivity index (χ3n) is 2.97. The second-order valence-corrected chi connectivity index (χ2v) is 6.01. The number of hydrogen-bond donors (Lipinski definition) is 1. The number of rotatable bonds is 5. The second-order valence-electron chi connectivity index (χ2n) is 4.37. The van der Waals surface area contributed by atoms with Crippen LogP contribution in [0.1, 0.15) is 12.6 Å². The monoisotopic (exact) mass is 296 g/mol. The van der Waals surface area contributed by atoms with Gasteiger partial charge in [-0.2, -0.15) is 11.3 Å². The van der Waals surface area contributed by atoms with Crippen LogP contribution in [0.15, 0.2) is 22.2 Å². The molecule has 0 spiro atoms. The van der Waals surface area contributed by atoms with Gasteiger partial charge in [0.2, 0.25) is 5.91 Å². The van der Waals surface area contributed by atoms with E-state index in [2.05, 4.69) is 4.98 Å². The molecule has 1 atom stereocenters. The van der Waals surface area contributed by atoms with E-state index < -0.39 is 0 Å². The van der Waals surface area contributed by atoms with E-state index in [4.69, 9.17) is 5.11 Å². The summed E-state index contributed by atoms with van der Waals surface area (Å²) in [4.78, 5) is 18.0. The molecule has 4 nitrogen and oxygen atoms in total. The van der Waals surface area contributed by atoms with Crippen LogP contribution in [-0.2, 0) is 11.2 Å². The number of aliphatic hydroxyl groups excluding tert-OH is 1. The maximum atomic E-state index is 12.0. The third-order valence-corrected chi connectivity index (χ3v) is 4.59. The van der Waals surface area contributed by atoms with Gasteiger partial charge in [-0.3, -0.25) is 4.79 Å². The molecule has 0 radical (unpaired) electrons. The van der Waals surface area contributed by atoms with Gasteiger partial charge in [-0.15, -0.1) is 11.3 Å². The molecule has 0 fully saturated rings. The first-order chi connectivity index (χ1) is 9.11. The summed E-state index contributed by atoms with van der Waals surface area (Å²) in [6.45, 7) is 1.79. The molecule has 0 bridgehead atoms. The van der Waals surface area contributed by atoms with Crippen molar-refractivity contribution in [2.45, 2.75) is 19.4 Å². The van der Waals surface area contributed by atoms with Crippen LogP contribution in [0.3, 0.4) is 0 Å². The lowest BCUT2D eigenvalue weighted by Gasteiger charge is -2.22. The van der Waals surface area contributed by atoms with Gasteiger partial charge in [0, 0.05) is 23.4 Å². The number of carbonyl (C=O) groups is 1. The fourth-order valence-corrected chi connectivity index (χ4v) is 3.09. The minimum Gasteiger partial charge on any atom is -0.394 e.